The van der Waals surface area contributed by atoms with Crippen molar-refractivity contribution in [1.82, 2.24) is 10.3 Å². The number of carbonyl (C=O) groups excluding carboxylic acids is 2. The minimum absolute atomic E-state index is 0.0792. The highest BCUT2D eigenvalue weighted by Gasteiger charge is 2.16. The van der Waals surface area contributed by atoms with Gasteiger partial charge < -0.3 is 5.32 Å². The van der Waals surface area contributed by atoms with Gasteiger partial charge in [0.25, 0.3) is 0 Å². The maximum atomic E-state index is 11.6. The van der Waals surface area contributed by atoms with Gasteiger partial charge in [-0.2, -0.15) is 0 Å². The number of hydrogen-bond acceptors (Lipinski definition) is 4. The summed E-state index contributed by atoms with van der Waals surface area (Å²) < 4.78 is 0. The summed E-state index contributed by atoms with van der Waals surface area (Å²) in [5, 5.41) is 7.27. The van der Waals surface area contributed by atoms with Crippen LogP contribution in [0.2, 0.25) is 0 Å². The number of nitrogens with one attached hydrogen (secondary N) is 2. The highest BCUT2D eigenvalue weighted by atomic mass is 32.1. The molecule has 0 unspecified atom stereocenters. The van der Waals surface area contributed by atoms with Gasteiger partial charge in [-0.3, -0.25) is 14.9 Å². The second-order valence-electron chi connectivity index (χ2n) is 4.49. The summed E-state index contributed by atoms with van der Waals surface area (Å²) in [5.41, 5.74) is 1.74. The summed E-state index contributed by atoms with van der Waals surface area (Å²) in [5.74, 6) is -1.36. The maximum Gasteiger partial charge on any atom is 0.315 e. The van der Waals surface area contributed by atoms with E-state index in [0.29, 0.717) is 5.13 Å². The Balaban J connectivity index is 2.03. The Morgan fingerprint density at radius 2 is 1.85 bits per heavy atom. The van der Waals surface area contributed by atoms with Crippen molar-refractivity contribution in [2.45, 2.75) is 19.9 Å². The van der Waals surface area contributed by atoms with E-state index < -0.39 is 11.8 Å². The van der Waals surface area contributed by atoms with E-state index in [4.69, 9.17) is 0 Å². The zero-order valence-electron chi connectivity index (χ0n) is 11.2. The molecule has 2 rings (SSSR count). The molecule has 2 N–H and O–H groups in total. The molecular weight excluding hydrogens is 274 g/mol. The summed E-state index contributed by atoms with van der Waals surface area (Å²) >= 11 is 1.29. The van der Waals surface area contributed by atoms with Crippen molar-refractivity contribution in [3.63, 3.8) is 0 Å². The van der Waals surface area contributed by atoms with Gasteiger partial charge in [-0.15, -0.1) is 11.3 Å². The Bertz CT molecular complexity index is 608. The topological polar surface area (TPSA) is 71.1 Å². The Morgan fingerprint density at radius 3 is 2.50 bits per heavy atom. The largest absolute Gasteiger partial charge is 0.346 e. The van der Waals surface area contributed by atoms with E-state index in [2.05, 4.69) is 15.6 Å². The van der Waals surface area contributed by atoms with Crippen molar-refractivity contribution >= 4 is 28.3 Å². The Labute approximate surface area is 121 Å². The van der Waals surface area contributed by atoms with Gasteiger partial charge in [-0.05, 0) is 13.8 Å². The molecule has 2 aromatic rings. The first-order chi connectivity index (χ1) is 9.56. The third kappa shape index (κ3) is 3.64. The summed E-state index contributed by atoms with van der Waals surface area (Å²) in [6.45, 7) is 3.59. The molecule has 0 bridgehead atoms. The molecule has 0 spiro atoms. The van der Waals surface area contributed by atoms with E-state index >= 15 is 0 Å². The van der Waals surface area contributed by atoms with Crippen LogP contribution in [0.3, 0.4) is 0 Å². The van der Waals surface area contributed by atoms with Crippen molar-refractivity contribution in [2.75, 3.05) is 5.32 Å². The fourth-order valence-electron chi connectivity index (χ4n) is 1.55. The van der Waals surface area contributed by atoms with Gasteiger partial charge in [0.2, 0.25) is 0 Å². The fraction of sp³-hybridized carbons (Fsp3) is 0.214. The van der Waals surface area contributed by atoms with Crippen molar-refractivity contribution in [3.8, 4) is 11.3 Å². The zero-order chi connectivity index (χ0) is 14.5. The van der Waals surface area contributed by atoms with Crippen molar-refractivity contribution in [1.29, 1.82) is 0 Å². The Kier molecular flexibility index (Phi) is 4.47. The number of rotatable bonds is 3. The van der Waals surface area contributed by atoms with E-state index in [-0.39, 0.29) is 6.04 Å². The van der Waals surface area contributed by atoms with Gasteiger partial charge in [0.15, 0.2) is 5.13 Å². The van der Waals surface area contributed by atoms with Gasteiger partial charge >= 0.3 is 11.8 Å². The predicted molar refractivity (Wildman–Crippen MR) is 79.5 cm³/mol. The molecule has 1 heterocycles. The van der Waals surface area contributed by atoms with Crippen LogP contribution in [0.1, 0.15) is 13.8 Å². The first kappa shape index (κ1) is 14.2. The molecule has 0 radical (unpaired) electrons. The Hall–Kier alpha value is -2.21. The number of benzene rings is 1. The van der Waals surface area contributed by atoms with E-state index in [1.54, 1.807) is 13.8 Å². The number of anilines is 1. The average Bonchev–Trinajstić information content (AvgIpc) is 2.87. The maximum absolute atomic E-state index is 11.6. The molecule has 2 amide bonds. The molecule has 104 valence electrons. The molecule has 0 saturated carbocycles. The number of hydrogen-bond donors (Lipinski definition) is 2. The van der Waals surface area contributed by atoms with Crippen molar-refractivity contribution < 1.29 is 9.59 Å². The molecule has 0 fully saturated rings. The highest BCUT2D eigenvalue weighted by molar-refractivity contribution is 7.14. The van der Waals surface area contributed by atoms with Gasteiger partial charge in [0.1, 0.15) is 0 Å². The van der Waals surface area contributed by atoms with E-state index in [9.17, 15) is 9.59 Å². The van der Waals surface area contributed by atoms with Crippen LogP contribution in [0.25, 0.3) is 11.3 Å². The first-order valence-corrected chi connectivity index (χ1v) is 7.07. The molecule has 0 aliphatic heterocycles. The summed E-state index contributed by atoms with van der Waals surface area (Å²) in [7, 11) is 0. The molecule has 6 heteroatoms. The van der Waals surface area contributed by atoms with Crippen molar-refractivity contribution in [3.05, 3.63) is 35.7 Å². The lowest BCUT2D eigenvalue weighted by atomic mass is 10.2. The van der Waals surface area contributed by atoms with E-state index in [0.717, 1.165) is 11.3 Å². The molecule has 1 aromatic heterocycles. The van der Waals surface area contributed by atoms with Gasteiger partial charge in [-0.1, -0.05) is 30.3 Å². The Morgan fingerprint density at radius 1 is 1.15 bits per heavy atom. The van der Waals surface area contributed by atoms with Crippen LogP contribution >= 0.6 is 11.3 Å². The summed E-state index contributed by atoms with van der Waals surface area (Å²) in [4.78, 5) is 27.4. The third-order valence-electron chi connectivity index (χ3n) is 2.42. The quantitative estimate of drug-likeness (QED) is 0.852. The molecule has 0 aliphatic carbocycles. The highest BCUT2D eigenvalue weighted by Crippen LogP contribution is 2.24. The van der Waals surface area contributed by atoms with Crippen LogP contribution in [0.4, 0.5) is 5.13 Å². The minimum atomic E-state index is -0.701. The fourth-order valence-corrected chi connectivity index (χ4v) is 2.27. The van der Waals surface area contributed by atoms with Crippen LogP contribution in [0.15, 0.2) is 35.7 Å². The molecule has 5 nitrogen and oxygen atoms in total. The molecule has 0 aliphatic rings. The molecule has 20 heavy (non-hydrogen) atoms. The second-order valence-corrected chi connectivity index (χ2v) is 5.34. The van der Waals surface area contributed by atoms with E-state index in [1.807, 2.05) is 35.7 Å². The summed E-state index contributed by atoms with van der Waals surface area (Å²) in [6, 6.07) is 9.56. The lowest BCUT2D eigenvalue weighted by Gasteiger charge is -2.06. The number of aromatic nitrogens is 1. The van der Waals surface area contributed by atoms with Crippen LogP contribution in [-0.4, -0.2) is 22.8 Å². The number of carbonyl (C=O) groups is 2. The predicted octanol–water partition coefficient (Wildman–Crippen LogP) is 2.27. The van der Waals surface area contributed by atoms with Crippen LogP contribution in [0, 0.1) is 0 Å². The second kappa shape index (κ2) is 6.29. The first-order valence-electron chi connectivity index (χ1n) is 6.19. The third-order valence-corrected chi connectivity index (χ3v) is 3.18. The molecule has 0 saturated heterocycles. The van der Waals surface area contributed by atoms with Crippen molar-refractivity contribution in [2.24, 2.45) is 0 Å². The van der Waals surface area contributed by atoms with Gasteiger partial charge in [0, 0.05) is 17.0 Å². The lowest BCUT2D eigenvalue weighted by molar-refractivity contribution is -0.136. The van der Waals surface area contributed by atoms with Crippen LogP contribution < -0.4 is 10.6 Å². The molecule has 0 atom stereocenters. The number of thiazole rings is 1. The molecular formula is C14H15N3O2S. The van der Waals surface area contributed by atoms with E-state index in [1.165, 1.54) is 11.3 Å². The monoisotopic (exact) mass is 289 g/mol. The van der Waals surface area contributed by atoms with Crippen LogP contribution in [0.5, 0.6) is 0 Å². The standard InChI is InChI=1S/C14H15N3O2S/c1-9(2)15-12(18)13(19)17-14-16-11(8-20-14)10-6-4-3-5-7-10/h3-9H,1-2H3,(H,15,18)(H,16,17,19). The van der Waals surface area contributed by atoms with Gasteiger partial charge in [-0.25, -0.2) is 4.98 Å². The van der Waals surface area contributed by atoms with Gasteiger partial charge in [0.05, 0.1) is 5.69 Å². The normalized spacial score (nSPS) is 10.3. The summed E-state index contributed by atoms with van der Waals surface area (Å²) in [6.07, 6.45) is 0. The smallest absolute Gasteiger partial charge is 0.315 e. The zero-order valence-corrected chi connectivity index (χ0v) is 12.0. The SMILES string of the molecule is CC(C)NC(=O)C(=O)Nc1nc(-c2ccccc2)cs1. The lowest BCUT2D eigenvalue weighted by Crippen LogP contribution is -2.39. The number of nitrogens with zero attached hydrogens (tertiary/aromatic N) is 1. The van der Waals surface area contributed by atoms with Crippen LogP contribution in [-0.2, 0) is 9.59 Å². The number of amides is 2. The molecule has 1 aromatic carbocycles. The minimum Gasteiger partial charge on any atom is -0.346 e. The average molecular weight is 289 g/mol.